The van der Waals surface area contributed by atoms with E-state index in [1.165, 1.54) is 30.2 Å². The number of thioether (sulfide) groups is 1. The van der Waals surface area contributed by atoms with Gasteiger partial charge < -0.3 is 10.1 Å². The minimum Gasteiger partial charge on any atom is -0.381 e. The lowest BCUT2D eigenvalue weighted by molar-refractivity contribution is 0.0555. The van der Waals surface area contributed by atoms with Crippen LogP contribution in [0.4, 0.5) is 0 Å². The zero-order valence-electron chi connectivity index (χ0n) is 12.2. The van der Waals surface area contributed by atoms with Gasteiger partial charge in [0, 0.05) is 19.0 Å². The molecular weight excluding hydrogens is 256 g/mol. The van der Waals surface area contributed by atoms with Crippen LogP contribution in [-0.2, 0) is 4.74 Å². The lowest BCUT2D eigenvalue weighted by Gasteiger charge is -2.33. The average Bonchev–Trinajstić information content (AvgIpc) is 2.78. The molecule has 2 heterocycles. The minimum absolute atomic E-state index is 0.287. The molecule has 0 aromatic rings. The van der Waals surface area contributed by atoms with E-state index in [0.717, 1.165) is 37.9 Å². The molecular formula is C15H26N2OS. The van der Waals surface area contributed by atoms with Crippen LogP contribution in [0.25, 0.3) is 0 Å². The molecule has 1 aliphatic carbocycles. The maximum absolute atomic E-state index is 5.48. The Balaban J connectivity index is 1.59. The van der Waals surface area contributed by atoms with Crippen LogP contribution in [0.15, 0.2) is 4.99 Å². The molecule has 1 N–H and O–H groups in total. The Hall–Kier alpha value is -0.220. The number of aliphatic imine (C=N–C) groups is 1. The first kappa shape index (κ1) is 13.7. The van der Waals surface area contributed by atoms with Crippen molar-refractivity contribution in [3.63, 3.8) is 0 Å². The second kappa shape index (κ2) is 5.65. The monoisotopic (exact) mass is 282 g/mol. The smallest absolute Gasteiger partial charge is 0.157 e. The van der Waals surface area contributed by atoms with Crippen molar-refractivity contribution in [1.82, 2.24) is 5.32 Å². The molecule has 0 aromatic heterocycles. The Kier molecular flexibility index (Phi) is 4.08. The molecule has 3 unspecified atom stereocenters. The summed E-state index contributed by atoms with van der Waals surface area (Å²) in [5.41, 5.74) is 0.287. The third-order valence-corrected chi connectivity index (χ3v) is 6.36. The van der Waals surface area contributed by atoms with E-state index in [9.17, 15) is 0 Å². The number of nitrogens with one attached hydrogen (secondary N) is 1. The van der Waals surface area contributed by atoms with Crippen molar-refractivity contribution < 1.29 is 4.74 Å². The zero-order chi connectivity index (χ0) is 13.3. The molecule has 1 saturated carbocycles. The Morgan fingerprint density at radius 1 is 1.21 bits per heavy atom. The van der Waals surface area contributed by atoms with Crippen molar-refractivity contribution >= 4 is 16.9 Å². The Bertz CT molecular complexity index is 352. The first-order valence-electron chi connectivity index (χ1n) is 7.73. The Morgan fingerprint density at radius 2 is 2.00 bits per heavy atom. The van der Waals surface area contributed by atoms with Gasteiger partial charge in [0.1, 0.15) is 0 Å². The molecule has 108 valence electrons. The third-order valence-electron chi connectivity index (χ3n) is 5.18. The quantitative estimate of drug-likeness (QED) is 0.802. The molecule has 1 spiro atoms. The van der Waals surface area contributed by atoms with Gasteiger partial charge in [-0.2, -0.15) is 0 Å². The Morgan fingerprint density at radius 3 is 2.74 bits per heavy atom. The fourth-order valence-electron chi connectivity index (χ4n) is 3.41. The zero-order valence-corrected chi connectivity index (χ0v) is 13.0. The predicted octanol–water partition coefficient (Wildman–Crippen LogP) is 3.05. The summed E-state index contributed by atoms with van der Waals surface area (Å²) < 4.78 is 5.48. The van der Waals surface area contributed by atoms with Crippen molar-refractivity contribution in [1.29, 1.82) is 0 Å². The normalized spacial score (nSPS) is 40.5. The number of hydrogen-bond donors (Lipinski definition) is 1. The van der Waals surface area contributed by atoms with Crippen molar-refractivity contribution in [3.05, 3.63) is 0 Å². The predicted molar refractivity (Wildman–Crippen MR) is 81.8 cm³/mol. The second-order valence-electron chi connectivity index (χ2n) is 6.66. The van der Waals surface area contributed by atoms with Gasteiger partial charge in [-0.3, -0.25) is 4.99 Å². The van der Waals surface area contributed by atoms with Gasteiger partial charge in [-0.1, -0.05) is 25.6 Å². The Labute approximate surface area is 121 Å². The standard InChI is InChI=1S/C15H26N2OS/c1-11-3-4-13(9-12(11)2)16-14-17-15(10-19-14)5-7-18-8-6-15/h11-13H,3-10H2,1-2H3,(H,16,17). The van der Waals surface area contributed by atoms with Crippen LogP contribution in [0.3, 0.4) is 0 Å². The number of ether oxygens (including phenoxy) is 1. The van der Waals surface area contributed by atoms with Gasteiger partial charge in [0.25, 0.3) is 0 Å². The van der Waals surface area contributed by atoms with Crippen LogP contribution in [0, 0.1) is 11.8 Å². The second-order valence-corrected chi connectivity index (χ2v) is 7.63. The highest BCUT2D eigenvalue weighted by Crippen LogP contribution is 2.35. The van der Waals surface area contributed by atoms with E-state index in [1.54, 1.807) is 0 Å². The molecule has 0 aromatic carbocycles. The van der Waals surface area contributed by atoms with Crippen LogP contribution >= 0.6 is 11.8 Å². The van der Waals surface area contributed by atoms with E-state index >= 15 is 0 Å². The molecule has 3 rings (SSSR count). The molecule has 3 fully saturated rings. The van der Waals surface area contributed by atoms with E-state index in [1.807, 2.05) is 11.8 Å². The lowest BCUT2D eigenvalue weighted by atomic mass is 9.79. The van der Waals surface area contributed by atoms with Crippen molar-refractivity contribution in [2.75, 3.05) is 19.0 Å². The molecule has 2 aliphatic heterocycles. The van der Waals surface area contributed by atoms with E-state index in [2.05, 4.69) is 19.2 Å². The van der Waals surface area contributed by atoms with Crippen LogP contribution in [0.1, 0.15) is 46.0 Å². The van der Waals surface area contributed by atoms with Gasteiger partial charge in [0.05, 0.1) is 11.6 Å². The SMILES string of the molecule is CC1CCC(N=C2NC3(CCOCC3)CS2)CC1C. The maximum Gasteiger partial charge on any atom is 0.157 e. The van der Waals surface area contributed by atoms with Crippen LogP contribution in [-0.4, -0.2) is 35.7 Å². The first-order valence-corrected chi connectivity index (χ1v) is 8.72. The molecule has 2 saturated heterocycles. The molecule has 0 bridgehead atoms. The summed E-state index contributed by atoms with van der Waals surface area (Å²) in [6, 6.07) is 0.552. The van der Waals surface area contributed by atoms with E-state index in [4.69, 9.17) is 9.73 Å². The summed E-state index contributed by atoms with van der Waals surface area (Å²) in [6.45, 7) is 6.57. The molecule has 0 radical (unpaired) electrons. The van der Waals surface area contributed by atoms with Crippen molar-refractivity contribution in [2.45, 2.75) is 57.5 Å². The number of amidine groups is 1. The molecule has 4 heteroatoms. The van der Waals surface area contributed by atoms with Gasteiger partial charge in [0.15, 0.2) is 5.17 Å². The highest BCUT2D eigenvalue weighted by molar-refractivity contribution is 8.14. The summed E-state index contributed by atoms with van der Waals surface area (Å²) >= 11 is 1.93. The highest BCUT2D eigenvalue weighted by atomic mass is 32.2. The largest absolute Gasteiger partial charge is 0.381 e. The van der Waals surface area contributed by atoms with Crippen LogP contribution < -0.4 is 5.32 Å². The summed E-state index contributed by atoms with van der Waals surface area (Å²) in [4.78, 5) is 5.00. The molecule has 0 amide bonds. The minimum atomic E-state index is 0.287. The fourth-order valence-corrected chi connectivity index (χ4v) is 4.69. The molecule has 19 heavy (non-hydrogen) atoms. The molecule has 3 atom stereocenters. The van der Waals surface area contributed by atoms with Gasteiger partial charge in [-0.15, -0.1) is 0 Å². The summed E-state index contributed by atoms with van der Waals surface area (Å²) in [6.07, 6.45) is 6.15. The summed E-state index contributed by atoms with van der Waals surface area (Å²) in [5, 5.41) is 4.92. The topological polar surface area (TPSA) is 33.6 Å². The van der Waals surface area contributed by atoms with E-state index in [0.29, 0.717) is 6.04 Å². The van der Waals surface area contributed by atoms with Gasteiger partial charge >= 0.3 is 0 Å². The number of nitrogens with zero attached hydrogens (tertiary/aromatic N) is 1. The van der Waals surface area contributed by atoms with Crippen molar-refractivity contribution in [3.8, 4) is 0 Å². The number of hydrogen-bond acceptors (Lipinski definition) is 3. The summed E-state index contributed by atoms with van der Waals surface area (Å²) in [7, 11) is 0. The van der Waals surface area contributed by atoms with Gasteiger partial charge in [-0.05, 0) is 43.9 Å². The van der Waals surface area contributed by atoms with Gasteiger partial charge in [-0.25, -0.2) is 0 Å². The van der Waals surface area contributed by atoms with Gasteiger partial charge in [0.2, 0.25) is 0 Å². The highest BCUT2D eigenvalue weighted by Gasteiger charge is 2.39. The number of rotatable bonds is 1. The van der Waals surface area contributed by atoms with E-state index < -0.39 is 0 Å². The summed E-state index contributed by atoms with van der Waals surface area (Å²) in [5.74, 6) is 2.88. The maximum atomic E-state index is 5.48. The molecule has 3 aliphatic rings. The van der Waals surface area contributed by atoms with Crippen LogP contribution in [0.5, 0.6) is 0 Å². The van der Waals surface area contributed by atoms with Crippen molar-refractivity contribution in [2.24, 2.45) is 16.8 Å². The third kappa shape index (κ3) is 3.10. The molecule has 3 nitrogen and oxygen atoms in total. The lowest BCUT2D eigenvalue weighted by Crippen LogP contribution is -2.48. The fraction of sp³-hybridized carbons (Fsp3) is 0.933. The first-order chi connectivity index (χ1) is 9.17. The average molecular weight is 282 g/mol. The van der Waals surface area contributed by atoms with E-state index in [-0.39, 0.29) is 5.54 Å². The van der Waals surface area contributed by atoms with Crippen LogP contribution in [0.2, 0.25) is 0 Å².